The van der Waals surface area contributed by atoms with Gasteiger partial charge < -0.3 is 18.6 Å². The minimum atomic E-state index is -0.463. The van der Waals surface area contributed by atoms with Crippen LogP contribution in [0.5, 0.6) is 0 Å². The summed E-state index contributed by atoms with van der Waals surface area (Å²) in [5.41, 5.74) is 1.39. The molecule has 5 heterocycles. The van der Waals surface area contributed by atoms with Crippen molar-refractivity contribution in [2.45, 2.75) is 0 Å². The summed E-state index contributed by atoms with van der Waals surface area (Å²) < 4.78 is 7.33. The molecule has 4 aromatic heterocycles. The minimum Gasteiger partial charge on any atom is -0.403 e. The molecule has 0 N–H and O–H groups in total. The first-order valence-corrected chi connectivity index (χ1v) is 9.48. The zero-order valence-corrected chi connectivity index (χ0v) is 16.1. The fourth-order valence-electron chi connectivity index (χ4n) is 3.49. The van der Waals surface area contributed by atoms with E-state index < -0.39 is 5.63 Å². The third kappa shape index (κ3) is 2.93. The zero-order chi connectivity index (χ0) is 19.3. The van der Waals surface area contributed by atoms with E-state index in [0.717, 1.165) is 37.4 Å². The highest BCUT2D eigenvalue weighted by Crippen LogP contribution is 2.25. The lowest BCUT2D eigenvalue weighted by Gasteiger charge is -2.33. The predicted octanol–water partition coefficient (Wildman–Crippen LogP) is 2.91. The molecule has 1 fully saturated rings. The quantitative estimate of drug-likeness (QED) is 0.520. The highest BCUT2D eigenvalue weighted by atomic mass is 35.5. The number of fused-ring (bicyclic) bond motifs is 2. The smallest absolute Gasteiger partial charge is 0.347 e. The maximum atomic E-state index is 12.6. The summed E-state index contributed by atoms with van der Waals surface area (Å²) in [7, 11) is 2.11. The number of hydrogen-bond donors (Lipinski definition) is 0. The average molecular weight is 396 g/mol. The van der Waals surface area contributed by atoms with Crippen LogP contribution in [-0.2, 0) is 0 Å². The van der Waals surface area contributed by atoms with Crippen molar-refractivity contribution in [3.63, 3.8) is 0 Å². The Hall–Kier alpha value is -2.90. The molecular formula is C20H18ClN5O2. The molecule has 0 aromatic carbocycles. The van der Waals surface area contributed by atoms with Gasteiger partial charge in [0.2, 0.25) is 5.71 Å². The molecule has 142 valence electrons. The van der Waals surface area contributed by atoms with Gasteiger partial charge in [-0.05, 0) is 37.4 Å². The number of aromatic nitrogens is 3. The number of anilines is 1. The Kier molecular flexibility index (Phi) is 4.07. The molecule has 7 nitrogen and oxygen atoms in total. The van der Waals surface area contributed by atoms with Gasteiger partial charge >= 0.3 is 5.63 Å². The fraction of sp³-hybridized carbons (Fsp3) is 0.250. The molecule has 4 aromatic rings. The molecule has 1 aliphatic heterocycles. The highest BCUT2D eigenvalue weighted by Gasteiger charge is 2.17. The Bertz CT molecular complexity index is 1240. The van der Waals surface area contributed by atoms with E-state index in [2.05, 4.69) is 26.8 Å². The number of likely N-dealkylation sites (N-methyl/N-ethyl adjacent to an activating group) is 1. The van der Waals surface area contributed by atoms with Crippen molar-refractivity contribution in [1.82, 2.24) is 19.3 Å². The first-order valence-electron chi connectivity index (χ1n) is 9.10. The van der Waals surface area contributed by atoms with Gasteiger partial charge in [0.1, 0.15) is 5.82 Å². The second-order valence-corrected chi connectivity index (χ2v) is 7.42. The topological polar surface area (TPSA) is 66.9 Å². The Labute approximate surface area is 165 Å². The van der Waals surface area contributed by atoms with E-state index in [1.807, 2.05) is 24.4 Å². The lowest BCUT2D eigenvalue weighted by Crippen LogP contribution is -2.44. The van der Waals surface area contributed by atoms with E-state index in [4.69, 9.17) is 16.0 Å². The minimum absolute atomic E-state index is 0.340. The number of piperazine rings is 1. The summed E-state index contributed by atoms with van der Waals surface area (Å²) in [6.45, 7) is 3.77. The van der Waals surface area contributed by atoms with Crippen molar-refractivity contribution in [3.05, 3.63) is 58.2 Å². The van der Waals surface area contributed by atoms with Crippen molar-refractivity contribution < 1.29 is 4.42 Å². The van der Waals surface area contributed by atoms with E-state index >= 15 is 0 Å². The van der Waals surface area contributed by atoms with E-state index in [1.54, 1.807) is 22.7 Å². The van der Waals surface area contributed by atoms with Crippen LogP contribution in [0, 0.1) is 0 Å². The van der Waals surface area contributed by atoms with Gasteiger partial charge in [0.25, 0.3) is 0 Å². The van der Waals surface area contributed by atoms with Crippen LogP contribution in [0.4, 0.5) is 5.82 Å². The lowest BCUT2D eigenvalue weighted by molar-refractivity contribution is 0.312. The Balaban J connectivity index is 1.56. The maximum absolute atomic E-state index is 12.6. The van der Waals surface area contributed by atoms with Crippen molar-refractivity contribution in [2.24, 2.45) is 0 Å². The van der Waals surface area contributed by atoms with Gasteiger partial charge in [0.05, 0.1) is 16.3 Å². The van der Waals surface area contributed by atoms with Crippen LogP contribution < -0.4 is 10.5 Å². The molecule has 0 atom stereocenters. The van der Waals surface area contributed by atoms with Crippen molar-refractivity contribution >= 4 is 34.2 Å². The van der Waals surface area contributed by atoms with E-state index in [9.17, 15) is 4.79 Å². The second-order valence-electron chi connectivity index (χ2n) is 7.01. The summed E-state index contributed by atoms with van der Waals surface area (Å²) in [5.74, 6) is 0.830. The molecule has 1 saturated heterocycles. The number of pyridine rings is 2. The summed E-state index contributed by atoms with van der Waals surface area (Å²) in [4.78, 5) is 26.2. The van der Waals surface area contributed by atoms with Crippen LogP contribution in [0.3, 0.4) is 0 Å². The molecule has 0 amide bonds. The van der Waals surface area contributed by atoms with Gasteiger partial charge in [-0.2, -0.15) is 4.98 Å². The summed E-state index contributed by atoms with van der Waals surface area (Å²) in [6, 6.07) is 9.27. The van der Waals surface area contributed by atoms with E-state index in [1.165, 1.54) is 0 Å². The normalized spacial score (nSPS) is 15.6. The molecule has 1 aliphatic rings. The van der Waals surface area contributed by atoms with Crippen LogP contribution in [0.25, 0.3) is 28.0 Å². The Morgan fingerprint density at radius 3 is 2.71 bits per heavy atom. The molecule has 0 saturated carbocycles. The van der Waals surface area contributed by atoms with Gasteiger partial charge in [-0.3, -0.25) is 0 Å². The lowest BCUT2D eigenvalue weighted by atomic mass is 10.2. The molecule has 8 heteroatoms. The molecule has 0 bridgehead atoms. The number of imidazole rings is 1. The van der Waals surface area contributed by atoms with Crippen LogP contribution in [0.1, 0.15) is 0 Å². The first-order chi connectivity index (χ1) is 13.6. The average Bonchev–Trinajstić information content (AvgIpc) is 3.13. The second kappa shape index (κ2) is 6.61. The van der Waals surface area contributed by atoms with Crippen molar-refractivity contribution in [2.75, 3.05) is 38.1 Å². The Morgan fingerprint density at radius 2 is 1.93 bits per heavy atom. The van der Waals surface area contributed by atoms with E-state index in [0.29, 0.717) is 27.6 Å². The van der Waals surface area contributed by atoms with Gasteiger partial charge in [-0.15, -0.1) is 0 Å². The molecule has 0 unspecified atom stereocenters. The highest BCUT2D eigenvalue weighted by molar-refractivity contribution is 6.33. The monoisotopic (exact) mass is 395 g/mol. The third-order valence-corrected chi connectivity index (χ3v) is 5.42. The van der Waals surface area contributed by atoms with Gasteiger partial charge in [0, 0.05) is 44.0 Å². The molecule has 0 spiro atoms. The number of nitrogens with zero attached hydrogens (tertiary/aromatic N) is 5. The summed E-state index contributed by atoms with van der Waals surface area (Å²) in [5, 5.41) is 1.29. The van der Waals surface area contributed by atoms with Crippen LogP contribution >= 0.6 is 11.6 Å². The van der Waals surface area contributed by atoms with Crippen molar-refractivity contribution in [1.29, 1.82) is 0 Å². The third-order valence-electron chi connectivity index (χ3n) is 5.12. The molecule has 0 radical (unpaired) electrons. The van der Waals surface area contributed by atoms with Gasteiger partial charge in [-0.25, -0.2) is 9.78 Å². The first kappa shape index (κ1) is 17.2. The molecular weight excluding hydrogens is 378 g/mol. The molecule has 28 heavy (non-hydrogen) atoms. The van der Waals surface area contributed by atoms with Crippen LogP contribution in [-0.4, -0.2) is 52.5 Å². The summed E-state index contributed by atoms with van der Waals surface area (Å²) in [6.07, 6.45) is 3.61. The number of halogens is 1. The zero-order valence-electron chi connectivity index (χ0n) is 15.3. The largest absolute Gasteiger partial charge is 0.403 e. The fourth-order valence-corrected chi connectivity index (χ4v) is 3.70. The molecule has 0 aliphatic carbocycles. The maximum Gasteiger partial charge on any atom is 0.347 e. The summed E-state index contributed by atoms with van der Waals surface area (Å²) >= 11 is 6.19. The van der Waals surface area contributed by atoms with Crippen LogP contribution in [0.15, 0.2) is 51.9 Å². The van der Waals surface area contributed by atoms with E-state index in [-0.39, 0.29) is 0 Å². The SMILES string of the molecule is CN1CCN(c2ccc3cc(-c4cn5cccc(Cl)c5n4)c(=O)oc3n2)CC1. The Morgan fingerprint density at radius 1 is 1.11 bits per heavy atom. The number of hydrogen-bond acceptors (Lipinski definition) is 6. The molecule has 5 rings (SSSR count). The van der Waals surface area contributed by atoms with Gasteiger partial charge in [-0.1, -0.05) is 11.6 Å². The standard InChI is InChI=1S/C20H18ClN5O2/c1-24-7-9-25(10-8-24)17-5-4-13-11-14(20(27)28-19(13)23-17)16-12-26-6-2-3-15(21)18(26)22-16/h2-6,11-12H,7-10H2,1H3. The van der Waals surface area contributed by atoms with Crippen molar-refractivity contribution in [3.8, 4) is 11.3 Å². The number of rotatable bonds is 2. The predicted molar refractivity (Wildman–Crippen MR) is 109 cm³/mol. The van der Waals surface area contributed by atoms with Gasteiger partial charge in [0.15, 0.2) is 5.65 Å². The van der Waals surface area contributed by atoms with Crippen LogP contribution in [0.2, 0.25) is 5.02 Å².